The van der Waals surface area contributed by atoms with E-state index in [0.29, 0.717) is 25.9 Å². The van der Waals surface area contributed by atoms with Gasteiger partial charge in [-0.3, -0.25) is 4.79 Å². The number of nitrogens with zero attached hydrogens (tertiary/aromatic N) is 1. The van der Waals surface area contributed by atoms with Crippen molar-refractivity contribution >= 4 is 23.6 Å². The number of likely N-dealkylation sites (tertiary alicyclic amines) is 1. The van der Waals surface area contributed by atoms with Crippen LogP contribution in [0.3, 0.4) is 0 Å². The first-order valence-corrected chi connectivity index (χ1v) is 8.55. The SMILES string of the molecule is CC(C)(C)OC(=O)N1CCC(=O)C(Sc2cccc(F)c2)CC1. The Labute approximate surface area is 140 Å². The molecule has 1 saturated heterocycles. The maximum atomic E-state index is 13.3. The van der Waals surface area contributed by atoms with Crippen molar-refractivity contribution in [3.8, 4) is 0 Å². The number of Topliss-reactive ketones (excluding diaryl/α,β-unsaturated/α-hetero) is 1. The van der Waals surface area contributed by atoms with E-state index in [1.54, 1.807) is 17.0 Å². The molecule has 2 rings (SSSR count). The van der Waals surface area contributed by atoms with E-state index < -0.39 is 5.60 Å². The van der Waals surface area contributed by atoms with Crippen LogP contribution in [0.25, 0.3) is 0 Å². The van der Waals surface area contributed by atoms with Crippen LogP contribution in [0.2, 0.25) is 0 Å². The Morgan fingerprint density at radius 2 is 2.09 bits per heavy atom. The van der Waals surface area contributed by atoms with Crippen LogP contribution in [0, 0.1) is 5.82 Å². The average Bonchev–Trinajstić information content (AvgIpc) is 2.60. The van der Waals surface area contributed by atoms with Crippen LogP contribution < -0.4 is 0 Å². The zero-order chi connectivity index (χ0) is 17.0. The van der Waals surface area contributed by atoms with E-state index in [1.165, 1.54) is 23.9 Å². The highest BCUT2D eigenvalue weighted by Gasteiger charge is 2.29. The Morgan fingerprint density at radius 3 is 2.74 bits per heavy atom. The van der Waals surface area contributed by atoms with Gasteiger partial charge in [-0.25, -0.2) is 9.18 Å². The van der Waals surface area contributed by atoms with Gasteiger partial charge in [0.05, 0.1) is 5.25 Å². The molecule has 23 heavy (non-hydrogen) atoms. The minimum absolute atomic E-state index is 0.0883. The lowest BCUT2D eigenvalue weighted by molar-refractivity contribution is -0.118. The summed E-state index contributed by atoms with van der Waals surface area (Å²) in [6.07, 6.45) is 0.451. The molecule has 0 N–H and O–H groups in total. The summed E-state index contributed by atoms with van der Waals surface area (Å²) >= 11 is 1.36. The van der Waals surface area contributed by atoms with E-state index in [2.05, 4.69) is 0 Å². The second-order valence-corrected chi connectivity index (χ2v) is 7.81. The molecule has 1 aromatic carbocycles. The fraction of sp³-hybridized carbons (Fsp3) is 0.529. The molecule has 0 spiro atoms. The lowest BCUT2D eigenvalue weighted by Gasteiger charge is -2.26. The lowest BCUT2D eigenvalue weighted by Crippen LogP contribution is -2.37. The number of halogens is 1. The molecule has 0 saturated carbocycles. The van der Waals surface area contributed by atoms with Gasteiger partial charge in [0.25, 0.3) is 0 Å². The third-order valence-electron chi connectivity index (χ3n) is 3.37. The molecular weight excluding hydrogens is 317 g/mol. The van der Waals surface area contributed by atoms with Crippen molar-refractivity contribution in [3.63, 3.8) is 0 Å². The van der Waals surface area contributed by atoms with Crippen LogP contribution in [-0.2, 0) is 9.53 Å². The normalized spacial score (nSPS) is 19.4. The molecule has 4 nitrogen and oxygen atoms in total. The average molecular weight is 339 g/mol. The molecule has 126 valence electrons. The number of ketones is 1. The number of thioether (sulfide) groups is 1. The minimum atomic E-state index is -0.552. The van der Waals surface area contributed by atoms with Crippen LogP contribution >= 0.6 is 11.8 Å². The van der Waals surface area contributed by atoms with Crippen molar-refractivity contribution in [2.75, 3.05) is 13.1 Å². The van der Waals surface area contributed by atoms with Gasteiger partial charge in [0.1, 0.15) is 17.2 Å². The molecule has 1 aromatic rings. The molecular formula is C17H22FNO3S. The first kappa shape index (κ1) is 17.8. The van der Waals surface area contributed by atoms with Crippen molar-refractivity contribution in [2.45, 2.75) is 49.4 Å². The van der Waals surface area contributed by atoms with E-state index in [0.717, 1.165) is 4.90 Å². The van der Waals surface area contributed by atoms with Gasteiger partial charge in [-0.05, 0) is 45.4 Å². The van der Waals surface area contributed by atoms with Crippen molar-refractivity contribution in [3.05, 3.63) is 30.1 Å². The monoisotopic (exact) mass is 339 g/mol. The summed E-state index contributed by atoms with van der Waals surface area (Å²) in [5, 5.41) is -0.260. The number of carbonyl (C=O) groups excluding carboxylic acids is 2. The van der Waals surface area contributed by atoms with E-state index in [1.807, 2.05) is 20.8 Å². The predicted molar refractivity (Wildman–Crippen MR) is 88.1 cm³/mol. The van der Waals surface area contributed by atoms with E-state index in [-0.39, 0.29) is 22.9 Å². The van der Waals surface area contributed by atoms with Crippen molar-refractivity contribution in [1.82, 2.24) is 4.90 Å². The molecule has 1 fully saturated rings. The Kier molecular flexibility index (Phi) is 5.68. The second-order valence-electron chi connectivity index (χ2n) is 6.54. The smallest absolute Gasteiger partial charge is 0.410 e. The van der Waals surface area contributed by atoms with E-state index >= 15 is 0 Å². The highest BCUT2D eigenvalue weighted by Crippen LogP contribution is 2.29. The zero-order valence-electron chi connectivity index (χ0n) is 13.7. The van der Waals surface area contributed by atoms with Gasteiger partial charge in [0, 0.05) is 24.4 Å². The Morgan fingerprint density at radius 1 is 1.35 bits per heavy atom. The molecule has 0 aromatic heterocycles. The zero-order valence-corrected chi connectivity index (χ0v) is 14.5. The van der Waals surface area contributed by atoms with Gasteiger partial charge in [-0.1, -0.05) is 6.07 Å². The fourth-order valence-corrected chi connectivity index (χ4v) is 3.43. The van der Waals surface area contributed by atoms with Crippen LogP contribution in [0.15, 0.2) is 29.2 Å². The Hall–Kier alpha value is -1.56. The molecule has 0 bridgehead atoms. The van der Waals surface area contributed by atoms with Gasteiger partial charge >= 0.3 is 6.09 Å². The molecule has 0 aliphatic carbocycles. The number of amides is 1. The number of hydrogen-bond acceptors (Lipinski definition) is 4. The minimum Gasteiger partial charge on any atom is -0.444 e. The van der Waals surface area contributed by atoms with Crippen LogP contribution in [0.5, 0.6) is 0 Å². The maximum Gasteiger partial charge on any atom is 0.410 e. The first-order valence-electron chi connectivity index (χ1n) is 7.67. The molecule has 0 radical (unpaired) electrons. The summed E-state index contributed by atoms with van der Waals surface area (Å²) in [4.78, 5) is 26.7. The van der Waals surface area contributed by atoms with Crippen molar-refractivity contribution in [1.29, 1.82) is 0 Å². The van der Waals surface area contributed by atoms with Crippen LogP contribution in [-0.4, -0.2) is 40.7 Å². The Bertz CT molecular complexity index is 585. The van der Waals surface area contributed by atoms with Crippen LogP contribution in [0.1, 0.15) is 33.6 Å². The molecule has 1 atom stereocenters. The summed E-state index contributed by atoms with van der Waals surface area (Å²) in [5.41, 5.74) is -0.552. The summed E-state index contributed by atoms with van der Waals surface area (Å²) in [6, 6.07) is 6.22. The highest BCUT2D eigenvalue weighted by molar-refractivity contribution is 8.00. The van der Waals surface area contributed by atoms with Gasteiger partial charge in [-0.2, -0.15) is 0 Å². The summed E-state index contributed by atoms with van der Waals surface area (Å²) in [5.74, 6) is -0.225. The summed E-state index contributed by atoms with van der Waals surface area (Å²) in [6.45, 7) is 6.28. The molecule has 1 aliphatic rings. The van der Waals surface area contributed by atoms with Crippen molar-refractivity contribution in [2.24, 2.45) is 0 Å². The second kappa shape index (κ2) is 7.34. The molecule has 1 heterocycles. The van der Waals surface area contributed by atoms with Crippen LogP contribution in [0.4, 0.5) is 9.18 Å². The molecule has 1 aliphatic heterocycles. The van der Waals surface area contributed by atoms with Gasteiger partial charge in [-0.15, -0.1) is 11.8 Å². The number of ether oxygens (including phenoxy) is 1. The number of carbonyl (C=O) groups is 2. The van der Waals surface area contributed by atoms with E-state index in [4.69, 9.17) is 4.74 Å². The van der Waals surface area contributed by atoms with Gasteiger partial charge < -0.3 is 9.64 Å². The summed E-state index contributed by atoms with van der Waals surface area (Å²) < 4.78 is 18.6. The topological polar surface area (TPSA) is 46.6 Å². The molecule has 1 amide bonds. The third kappa shape index (κ3) is 5.53. The number of benzene rings is 1. The van der Waals surface area contributed by atoms with Gasteiger partial charge in [0.15, 0.2) is 0 Å². The number of hydrogen-bond donors (Lipinski definition) is 0. The highest BCUT2D eigenvalue weighted by atomic mass is 32.2. The number of rotatable bonds is 2. The predicted octanol–water partition coefficient (Wildman–Crippen LogP) is 3.89. The van der Waals surface area contributed by atoms with Crippen molar-refractivity contribution < 1.29 is 18.7 Å². The maximum absolute atomic E-state index is 13.3. The standard InChI is InChI=1S/C17H22FNO3S/c1-17(2,3)22-16(21)19-9-7-14(20)15(8-10-19)23-13-6-4-5-12(18)11-13/h4-6,11,15H,7-10H2,1-3H3. The van der Waals surface area contributed by atoms with E-state index in [9.17, 15) is 14.0 Å². The first-order chi connectivity index (χ1) is 10.7. The quantitative estimate of drug-likeness (QED) is 0.820. The van der Waals surface area contributed by atoms with Gasteiger partial charge in [0.2, 0.25) is 0 Å². The largest absolute Gasteiger partial charge is 0.444 e. The lowest BCUT2D eigenvalue weighted by atomic mass is 10.2. The fourth-order valence-electron chi connectivity index (χ4n) is 2.29. The molecule has 6 heteroatoms. The Balaban J connectivity index is 1.98. The summed E-state index contributed by atoms with van der Waals surface area (Å²) in [7, 11) is 0. The molecule has 1 unspecified atom stereocenters. The third-order valence-corrected chi connectivity index (χ3v) is 4.68.